The Morgan fingerprint density at radius 3 is 1.12 bits per heavy atom. The molecule has 2 aliphatic carbocycles. The van der Waals surface area contributed by atoms with Gasteiger partial charge in [-0.25, -0.2) is 0 Å². The Morgan fingerprint density at radius 2 is 0.676 bits per heavy atom. The maximum atomic E-state index is 11.6. The molecule has 2 aliphatic rings. The molecule has 196 valence electrons. The molecule has 2 nitrogen and oxygen atoms in total. The normalized spacial score (nSPS) is 22.5. The summed E-state index contributed by atoms with van der Waals surface area (Å²) >= 11 is 0. The van der Waals surface area contributed by atoms with Gasteiger partial charge in [-0.05, 0) is 63.9 Å². The van der Waals surface area contributed by atoms with Gasteiger partial charge in [-0.3, -0.25) is 9.59 Å². The topological polar surface area (TPSA) is 34.1 Å². The summed E-state index contributed by atoms with van der Waals surface area (Å²) in [6.07, 6.45) is 40.5. The van der Waals surface area contributed by atoms with Crippen molar-refractivity contribution in [1.82, 2.24) is 0 Å². The van der Waals surface area contributed by atoms with E-state index in [4.69, 9.17) is 0 Å². The highest BCUT2D eigenvalue weighted by molar-refractivity contribution is 5.89. The molecule has 0 fully saturated rings. The molecule has 0 saturated heterocycles. The third kappa shape index (κ3) is 22.6. The summed E-state index contributed by atoms with van der Waals surface area (Å²) in [7, 11) is 0. The Bertz CT molecular complexity index is 531. The maximum absolute atomic E-state index is 11.6. The van der Waals surface area contributed by atoms with Crippen molar-refractivity contribution < 1.29 is 9.59 Å². The van der Waals surface area contributed by atoms with Crippen molar-refractivity contribution >= 4 is 11.6 Å². The van der Waals surface area contributed by atoms with Crippen molar-refractivity contribution in [2.75, 3.05) is 0 Å². The SMILES string of the molecule is O=C1C=CCCCCCCCCCCCCC1.O=C1CCCCCCC=CCCCCCCC1. The standard InChI is InChI=1S/2C16H28O/c2*17-16-14-12-10-8-6-4-2-1-3-5-7-9-11-13-15-16/h12,14H,1-11,13,15H2;1-2H,3-15H2. The predicted molar refractivity (Wildman–Crippen MR) is 148 cm³/mol. The molecule has 0 bridgehead atoms. The van der Waals surface area contributed by atoms with Crippen LogP contribution in [0.15, 0.2) is 24.3 Å². The van der Waals surface area contributed by atoms with E-state index in [9.17, 15) is 9.59 Å². The minimum Gasteiger partial charge on any atom is -0.300 e. The van der Waals surface area contributed by atoms with Crippen LogP contribution in [0.5, 0.6) is 0 Å². The van der Waals surface area contributed by atoms with Gasteiger partial charge in [0, 0.05) is 19.3 Å². The molecule has 0 radical (unpaired) electrons. The summed E-state index contributed by atoms with van der Waals surface area (Å²) in [4.78, 5) is 23.1. The monoisotopic (exact) mass is 472 g/mol. The zero-order chi connectivity index (χ0) is 24.4. The highest BCUT2D eigenvalue weighted by atomic mass is 16.1. The highest BCUT2D eigenvalue weighted by Gasteiger charge is 2.02. The van der Waals surface area contributed by atoms with Gasteiger partial charge >= 0.3 is 0 Å². The summed E-state index contributed by atoms with van der Waals surface area (Å²) in [6.45, 7) is 0. The molecule has 0 spiro atoms. The smallest absolute Gasteiger partial charge is 0.155 e. The van der Waals surface area contributed by atoms with E-state index >= 15 is 0 Å². The Labute approximate surface area is 212 Å². The number of ketones is 2. The molecule has 2 rings (SSSR count). The molecule has 0 aromatic heterocycles. The van der Waals surface area contributed by atoms with Gasteiger partial charge < -0.3 is 0 Å². The van der Waals surface area contributed by atoms with Crippen LogP contribution < -0.4 is 0 Å². The molecule has 0 N–H and O–H groups in total. The lowest BCUT2D eigenvalue weighted by molar-refractivity contribution is -0.119. The Kier molecular flexibility index (Phi) is 22.6. The second-order valence-corrected chi connectivity index (χ2v) is 10.6. The minimum absolute atomic E-state index is 0.331. The fourth-order valence-electron chi connectivity index (χ4n) is 4.86. The fraction of sp³-hybridized carbons (Fsp3) is 0.812. The lowest BCUT2D eigenvalue weighted by Gasteiger charge is -2.03. The lowest BCUT2D eigenvalue weighted by atomic mass is 10.0. The third-order valence-corrected chi connectivity index (χ3v) is 7.17. The van der Waals surface area contributed by atoms with Crippen LogP contribution in [0.3, 0.4) is 0 Å². The minimum atomic E-state index is 0.331. The van der Waals surface area contributed by atoms with Gasteiger partial charge in [-0.1, -0.05) is 108 Å². The average Bonchev–Trinajstić information content (AvgIpc) is 2.83. The van der Waals surface area contributed by atoms with Crippen LogP contribution in [-0.4, -0.2) is 11.6 Å². The van der Waals surface area contributed by atoms with Crippen molar-refractivity contribution in [1.29, 1.82) is 0 Å². The van der Waals surface area contributed by atoms with E-state index in [0.717, 1.165) is 44.9 Å². The summed E-state index contributed by atoms with van der Waals surface area (Å²) in [5.74, 6) is 0.828. The van der Waals surface area contributed by atoms with Crippen LogP contribution >= 0.6 is 0 Å². The summed E-state index contributed by atoms with van der Waals surface area (Å²) in [5, 5.41) is 0. The molecule has 0 amide bonds. The maximum Gasteiger partial charge on any atom is 0.155 e. The molecule has 0 aliphatic heterocycles. The van der Waals surface area contributed by atoms with E-state index in [1.807, 2.05) is 6.08 Å². The summed E-state index contributed by atoms with van der Waals surface area (Å²) < 4.78 is 0. The zero-order valence-corrected chi connectivity index (χ0v) is 22.5. The molecule has 0 aromatic carbocycles. The molecule has 0 aromatic rings. The molecular formula is C32H56O2. The fourth-order valence-corrected chi connectivity index (χ4v) is 4.86. The van der Waals surface area contributed by atoms with Gasteiger partial charge in [0.05, 0.1) is 0 Å². The van der Waals surface area contributed by atoms with Crippen LogP contribution in [0.2, 0.25) is 0 Å². The van der Waals surface area contributed by atoms with Gasteiger partial charge in [0.15, 0.2) is 5.78 Å². The number of carbonyl (C=O) groups is 2. The van der Waals surface area contributed by atoms with Crippen molar-refractivity contribution in [3.05, 3.63) is 24.3 Å². The molecule has 34 heavy (non-hydrogen) atoms. The highest BCUT2D eigenvalue weighted by Crippen LogP contribution is 2.14. The van der Waals surface area contributed by atoms with Crippen molar-refractivity contribution in [2.24, 2.45) is 0 Å². The first kappa shape index (κ1) is 30.9. The number of rotatable bonds is 0. The lowest BCUT2D eigenvalue weighted by Crippen LogP contribution is -1.97. The van der Waals surface area contributed by atoms with E-state index in [-0.39, 0.29) is 0 Å². The number of allylic oxidation sites excluding steroid dienone is 4. The second-order valence-electron chi connectivity index (χ2n) is 10.6. The number of hydrogen-bond donors (Lipinski definition) is 0. The summed E-state index contributed by atoms with van der Waals surface area (Å²) in [6, 6.07) is 0. The van der Waals surface area contributed by atoms with Crippen molar-refractivity contribution in [3.63, 3.8) is 0 Å². The molecule has 2 heteroatoms. The van der Waals surface area contributed by atoms with Gasteiger partial charge in [-0.15, -0.1) is 0 Å². The quantitative estimate of drug-likeness (QED) is 0.328. The molecule has 0 atom stereocenters. The second kappa shape index (κ2) is 24.9. The first-order valence-corrected chi connectivity index (χ1v) is 15.1. The van der Waals surface area contributed by atoms with E-state index in [2.05, 4.69) is 18.2 Å². The van der Waals surface area contributed by atoms with Crippen LogP contribution in [-0.2, 0) is 9.59 Å². The Morgan fingerprint density at radius 1 is 0.353 bits per heavy atom. The van der Waals surface area contributed by atoms with Crippen LogP contribution in [0.1, 0.15) is 167 Å². The van der Waals surface area contributed by atoms with E-state index in [1.165, 1.54) is 122 Å². The van der Waals surface area contributed by atoms with Crippen molar-refractivity contribution in [2.45, 2.75) is 167 Å². The average molecular weight is 473 g/mol. The Balaban J connectivity index is 0.000000340. The number of Topliss-reactive ketones (excluding diaryl/α,β-unsaturated/α-hetero) is 1. The van der Waals surface area contributed by atoms with Crippen molar-refractivity contribution in [3.8, 4) is 0 Å². The van der Waals surface area contributed by atoms with Crippen LogP contribution in [0, 0.1) is 0 Å². The molecular weight excluding hydrogens is 416 g/mol. The van der Waals surface area contributed by atoms with Gasteiger partial charge in [0.2, 0.25) is 0 Å². The number of hydrogen-bond acceptors (Lipinski definition) is 2. The van der Waals surface area contributed by atoms with Gasteiger partial charge in [-0.2, -0.15) is 0 Å². The molecule has 0 saturated carbocycles. The largest absolute Gasteiger partial charge is 0.300 e. The van der Waals surface area contributed by atoms with E-state index < -0.39 is 0 Å². The van der Waals surface area contributed by atoms with E-state index in [1.54, 1.807) is 0 Å². The van der Waals surface area contributed by atoms with Gasteiger partial charge in [0.1, 0.15) is 5.78 Å². The first-order chi connectivity index (χ1) is 16.8. The predicted octanol–water partition coefficient (Wildman–Crippen LogP) is 10.4. The number of carbonyl (C=O) groups excluding carboxylic acids is 2. The Hall–Kier alpha value is -1.18. The summed E-state index contributed by atoms with van der Waals surface area (Å²) in [5.41, 5.74) is 0. The molecule has 0 heterocycles. The van der Waals surface area contributed by atoms with Crippen LogP contribution in [0.25, 0.3) is 0 Å². The van der Waals surface area contributed by atoms with Crippen LogP contribution in [0.4, 0.5) is 0 Å². The third-order valence-electron chi connectivity index (χ3n) is 7.17. The molecule has 0 unspecified atom stereocenters. The van der Waals surface area contributed by atoms with E-state index in [0.29, 0.717) is 11.6 Å². The first-order valence-electron chi connectivity index (χ1n) is 15.1. The van der Waals surface area contributed by atoms with Gasteiger partial charge in [0.25, 0.3) is 0 Å². The zero-order valence-electron chi connectivity index (χ0n) is 22.5.